The number of anilines is 2. The molecule has 5 nitrogen and oxygen atoms in total. The molecule has 140 valence electrons. The minimum absolute atomic E-state index is 0.280. The molecular weight excluding hydrogens is 364 g/mol. The van der Waals surface area contributed by atoms with E-state index in [-0.39, 0.29) is 5.91 Å². The molecular formula is C21H21ClN2O3. The summed E-state index contributed by atoms with van der Waals surface area (Å²) in [6.07, 6.45) is 0. The lowest BCUT2D eigenvalue weighted by atomic mass is 10.1. The molecule has 2 aromatic carbocycles. The Labute approximate surface area is 162 Å². The van der Waals surface area contributed by atoms with Crippen LogP contribution in [-0.2, 0) is 4.74 Å². The van der Waals surface area contributed by atoms with E-state index in [4.69, 9.17) is 20.8 Å². The fraction of sp³-hybridized carbons (Fsp3) is 0.286. The molecule has 0 aliphatic carbocycles. The number of ether oxygens (including phenoxy) is 1. The Balaban J connectivity index is 1.67. The molecule has 0 radical (unpaired) electrons. The number of carbonyl (C=O) groups excluding carboxylic acids is 1. The Bertz CT molecular complexity index is 1010. The highest BCUT2D eigenvalue weighted by molar-refractivity contribution is 6.34. The number of nitrogens with one attached hydrogen (secondary N) is 1. The lowest BCUT2D eigenvalue weighted by Gasteiger charge is -2.31. The second kappa shape index (κ2) is 7.25. The van der Waals surface area contributed by atoms with Gasteiger partial charge in [-0.2, -0.15) is 0 Å². The van der Waals surface area contributed by atoms with Gasteiger partial charge in [0.05, 0.1) is 29.6 Å². The van der Waals surface area contributed by atoms with Gasteiger partial charge in [0.25, 0.3) is 5.91 Å². The van der Waals surface area contributed by atoms with Gasteiger partial charge < -0.3 is 19.4 Å². The maximum atomic E-state index is 12.9. The van der Waals surface area contributed by atoms with Crippen molar-refractivity contribution in [2.45, 2.75) is 13.8 Å². The number of para-hydroxylation sites is 1. The molecule has 3 aromatic rings. The van der Waals surface area contributed by atoms with E-state index < -0.39 is 0 Å². The number of fused-ring (bicyclic) bond motifs is 1. The van der Waals surface area contributed by atoms with Crippen LogP contribution in [0.15, 0.2) is 40.8 Å². The predicted molar refractivity (Wildman–Crippen MR) is 108 cm³/mol. The van der Waals surface area contributed by atoms with Crippen LogP contribution in [0.1, 0.15) is 21.7 Å². The minimum Gasteiger partial charge on any atom is -0.451 e. The number of halogens is 1. The number of hydrogen-bond donors (Lipinski definition) is 1. The molecule has 27 heavy (non-hydrogen) atoms. The number of nitrogens with zero attached hydrogens (tertiary/aromatic N) is 1. The van der Waals surface area contributed by atoms with Crippen molar-refractivity contribution in [2.75, 3.05) is 36.5 Å². The second-order valence-electron chi connectivity index (χ2n) is 6.75. The minimum atomic E-state index is -0.280. The van der Waals surface area contributed by atoms with Gasteiger partial charge in [-0.1, -0.05) is 29.8 Å². The summed E-state index contributed by atoms with van der Waals surface area (Å²) in [6.45, 7) is 6.64. The van der Waals surface area contributed by atoms with Crippen molar-refractivity contribution in [1.82, 2.24) is 0 Å². The number of amides is 1. The van der Waals surface area contributed by atoms with Crippen LogP contribution < -0.4 is 10.2 Å². The highest BCUT2D eigenvalue weighted by Gasteiger charge is 2.22. The monoisotopic (exact) mass is 384 g/mol. The normalized spacial score (nSPS) is 14.6. The van der Waals surface area contributed by atoms with E-state index in [1.165, 1.54) is 0 Å². The summed E-state index contributed by atoms with van der Waals surface area (Å²) in [6, 6.07) is 11.5. The van der Waals surface area contributed by atoms with Crippen molar-refractivity contribution in [1.29, 1.82) is 0 Å². The first-order valence-corrected chi connectivity index (χ1v) is 9.34. The van der Waals surface area contributed by atoms with Gasteiger partial charge in [0.1, 0.15) is 5.58 Å². The van der Waals surface area contributed by atoms with Crippen LogP contribution in [-0.4, -0.2) is 32.2 Å². The fourth-order valence-corrected chi connectivity index (χ4v) is 3.75. The summed E-state index contributed by atoms with van der Waals surface area (Å²) < 4.78 is 11.3. The molecule has 0 bridgehead atoms. The largest absolute Gasteiger partial charge is 0.451 e. The third kappa shape index (κ3) is 3.40. The number of furan rings is 1. The summed E-state index contributed by atoms with van der Waals surface area (Å²) in [5.74, 6) is 0.0432. The first kappa shape index (κ1) is 17.9. The van der Waals surface area contributed by atoms with Crippen molar-refractivity contribution >= 4 is 39.9 Å². The second-order valence-corrected chi connectivity index (χ2v) is 7.15. The molecule has 6 heteroatoms. The first-order chi connectivity index (χ1) is 13.0. The third-order valence-electron chi connectivity index (χ3n) is 4.86. The Morgan fingerprint density at radius 2 is 1.93 bits per heavy atom. The van der Waals surface area contributed by atoms with Crippen molar-refractivity contribution in [2.24, 2.45) is 0 Å². The summed E-state index contributed by atoms with van der Waals surface area (Å²) in [4.78, 5) is 15.1. The Morgan fingerprint density at radius 3 is 2.70 bits per heavy atom. The zero-order valence-corrected chi connectivity index (χ0v) is 16.1. The SMILES string of the molecule is Cc1ccc2c(C)c(C(=O)Nc3cccc(Cl)c3N3CCOCC3)oc2c1. The van der Waals surface area contributed by atoms with E-state index in [1.54, 1.807) is 0 Å². The molecule has 0 saturated carbocycles. The third-order valence-corrected chi connectivity index (χ3v) is 5.17. The van der Waals surface area contributed by atoms with Crippen LogP contribution in [0.5, 0.6) is 0 Å². The summed E-state index contributed by atoms with van der Waals surface area (Å²) in [5.41, 5.74) is 4.13. The lowest BCUT2D eigenvalue weighted by Crippen LogP contribution is -2.37. The van der Waals surface area contributed by atoms with Gasteiger partial charge in [-0.3, -0.25) is 4.79 Å². The topological polar surface area (TPSA) is 54.7 Å². The van der Waals surface area contributed by atoms with Gasteiger partial charge in [-0.15, -0.1) is 0 Å². The van der Waals surface area contributed by atoms with Crippen molar-refractivity contribution in [3.63, 3.8) is 0 Å². The summed E-state index contributed by atoms with van der Waals surface area (Å²) in [5, 5.41) is 4.53. The molecule has 4 rings (SSSR count). The van der Waals surface area contributed by atoms with E-state index in [2.05, 4.69) is 10.2 Å². The standard InChI is InChI=1S/C21H21ClN2O3/c1-13-6-7-15-14(2)20(27-18(15)12-13)21(25)23-17-5-3-4-16(22)19(17)24-8-10-26-11-9-24/h3-7,12H,8-11H2,1-2H3,(H,23,25). The van der Waals surface area contributed by atoms with E-state index in [1.807, 2.05) is 50.2 Å². The van der Waals surface area contributed by atoms with Gasteiger partial charge in [0.2, 0.25) is 0 Å². The molecule has 0 spiro atoms. The van der Waals surface area contributed by atoms with E-state index in [0.717, 1.165) is 40.9 Å². The zero-order chi connectivity index (χ0) is 19.0. The van der Waals surface area contributed by atoms with Crippen LogP contribution in [0, 0.1) is 13.8 Å². The predicted octanol–water partition coefficient (Wildman–Crippen LogP) is 4.79. The maximum Gasteiger partial charge on any atom is 0.291 e. The molecule has 0 unspecified atom stereocenters. The zero-order valence-electron chi connectivity index (χ0n) is 15.3. The smallest absolute Gasteiger partial charge is 0.291 e. The van der Waals surface area contributed by atoms with Crippen LogP contribution >= 0.6 is 11.6 Å². The molecule has 2 heterocycles. The maximum absolute atomic E-state index is 12.9. The van der Waals surface area contributed by atoms with Gasteiger partial charge >= 0.3 is 0 Å². The highest BCUT2D eigenvalue weighted by Crippen LogP contribution is 2.35. The number of carbonyl (C=O) groups is 1. The van der Waals surface area contributed by atoms with Crippen molar-refractivity contribution in [3.05, 3.63) is 58.3 Å². The number of benzene rings is 2. The highest BCUT2D eigenvalue weighted by atomic mass is 35.5. The summed E-state index contributed by atoms with van der Waals surface area (Å²) >= 11 is 6.45. The Hall–Kier alpha value is -2.50. The van der Waals surface area contributed by atoms with Gasteiger partial charge in [-0.05, 0) is 37.6 Å². The molecule has 1 fully saturated rings. The van der Waals surface area contributed by atoms with Gasteiger partial charge in [0, 0.05) is 24.0 Å². The van der Waals surface area contributed by atoms with E-state index >= 15 is 0 Å². The van der Waals surface area contributed by atoms with Crippen molar-refractivity contribution < 1.29 is 13.9 Å². The summed E-state index contributed by atoms with van der Waals surface area (Å²) in [7, 11) is 0. The average molecular weight is 385 g/mol. The molecule has 1 aliphatic rings. The number of rotatable bonds is 3. The Kier molecular flexibility index (Phi) is 4.81. The lowest BCUT2D eigenvalue weighted by molar-refractivity contribution is 0.0998. The number of morpholine rings is 1. The van der Waals surface area contributed by atoms with Gasteiger partial charge in [0.15, 0.2) is 5.76 Å². The van der Waals surface area contributed by atoms with Crippen LogP contribution in [0.4, 0.5) is 11.4 Å². The molecule has 1 aliphatic heterocycles. The van der Waals surface area contributed by atoms with Crippen LogP contribution in [0.2, 0.25) is 5.02 Å². The quantitative estimate of drug-likeness (QED) is 0.705. The van der Waals surface area contributed by atoms with E-state index in [9.17, 15) is 4.79 Å². The molecule has 1 saturated heterocycles. The first-order valence-electron chi connectivity index (χ1n) is 8.97. The molecule has 1 aromatic heterocycles. The van der Waals surface area contributed by atoms with Gasteiger partial charge in [-0.25, -0.2) is 0 Å². The average Bonchev–Trinajstić information content (AvgIpc) is 2.98. The Morgan fingerprint density at radius 1 is 1.15 bits per heavy atom. The van der Waals surface area contributed by atoms with E-state index in [0.29, 0.717) is 29.7 Å². The molecule has 1 amide bonds. The van der Waals surface area contributed by atoms with Crippen LogP contribution in [0.3, 0.4) is 0 Å². The van der Waals surface area contributed by atoms with Crippen molar-refractivity contribution in [3.8, 4) is 0 Å². The fourth-order valence-electron chi connectivity index (χ4n) is 3.45. The van der Waals surface area contributed by atoms with Crippen LogP contribution in [0.25, 0.3) is 11.0 Å². The number of aryl methyl sites for hydroxylation is 2. The number of hydrogen-bond acceptors (Lipinski definition) is 4. The molecule has 0 atom stereocenters. The molecule has 1 N–H and O–H groups in total.